The maximum absolute atomic E-state index is 12.0. The Bertz CT molecular complexity index is 419. The Kier molecular flexibility index (Phi) is 2.86. The first-order valence-electron chi connectivity index (χ1n) is 5.44. The molecule has 0 atom stereocenters. The van der Waals surface area contributed by atoms with Gasteiger partial charge in [0.2, 0.25) is 0 Å². The van der Waals surface area contributed by atoms with E-state index in [-0.39, 0.29) is 11.7 Å². The zero-order valence-corrected chi connectivity index (χ0v) is 9.87. The van der Waals surface area contributed by atoms with Gasteiger partial charge in [-0.1, -0.05) is 0 Å². The van der Waals surface area contributed by atoms with Crippen LogP contribution in [0.4, 0.5) is 0 Å². The van der Waals surface area contributed by atoms with E-state index in [4.69, 9.17) is 9.47 Å². The lowest BCUT2D eigenvalue weighted by atomic mass is 10.0. The van der Waals surface area contributed by atoms with E-state index in [9.17, 15) is 4.79 Å². The quantitative estimate of drug-likeness (QED) is 0.732. The smallest absolute Gasteiger partial charge is 0.169 e. The molecule has 1 aliphatic carbocycles. The summed E-state index contributed by atoms with van der Waals surface area (Å²) in [6, 6.07) is 3.62. The number of carbonyl (C=O) groups excluding carboxylic acids is 1. The van der Waals surface area contributed by atoms with Crippen molar-refractivity contribution in [2.75, 3.05) is 14.2 Å². The summed E-state index contributed by atoms with van der Waals surface area (Å²) >= 11 is 0. The molecular formula is C13H16O3. The number of Topliss-reactive ketones (excluding diaryl/α,β-unsaturated/α-hetero) is 1. The summed E-state index contributed by atoms with van der Waals surface area (Å²) in [5.41, 5.74) is 1.57. The Morgan fingerprint density at radius 1 is 1.25 bits per heavy atom. The van der Waals surface area contributed by atoms with E-state index < -0.39 is 0 Å². The van der Waals surface area contributed by atoms with E-state index in [2.05, 4.69) is 0 Å². The second kappa shape index (κ2) is 4.16. The molecule has 2 rings (SSSR count). The minimum Gasteiger partial charge on any atom is -0.496 e. The van der Waals surface area contributed by atoms with Crippen molar-refractivity contribution in [1.82, 2.24) is 0 Å². The van der Waals surface area contributed by atoms with Crippen LogP contribution >= 0.6 is 0 Å². The normalized spacial score (nSPS) is 14.7. The lowest BCUT2D eigenvalue weighted by Gasteiger charge is -2.13. The van der Waals surface area contributed by atoms with Crippen LogP contribution in [-0.2, 0) is 0 Å². The average molecular weight is 220 g/mol. The zero-order chi connectivity index (χ0) is 11.7. The van der Waals surface area contributed by atoms with E-state index in [1.165, 1.54) is 0 Å². The summed E-state index contributed by atoms with van der Waals surface area (Å²) in [6.07, 6.45) is 2.01. The first-order valence-corrected chi connectivity index (χ1v) is 5.44. The van der Waals surface area contributed by atoms with Crippen LogP contribution in [0.1, 0.15) is 28.8 Å². The van der Waals surface area contributed by atoms with Crippen molar-refractivity contribution in [3.05, 3.63) is 23.3 Å². The van der Waals surface area contributed by atoms with Gasteiger partial charge in [0, 0.05) is 11.5 Å². The first-order chi connectivity index (χ1) is 7.69. The summed E-state index contributed by atoms with van der Waals surface area (Å²) < 4.78 is 10.5. The third kappa shape index (κ3) is 1.77. The van der Waals surface area contributed by atoms with E-state index in [0.29, 0.717) is 11.3 Å². The van der Waals surface area contributed by atoms with Crippen LogP contribution < -0.4 is 9.47 Å². The number of ether oxygens (including phenoxy) is 2. The van der Waals surface area contributed by atoms with Gasteiger partial charge in [0.05, 0.1) is 19.8 Å². The molecule has 0 heterocycles. The Hall–Kier alpha value is -1.51. The molecule has 1 aromatic carbocycles. The molecule has 0 N–H and O–H groups in total. The molecule has 1 aliphatic rings. The lowest BCUT2D eigenvalue weighted by molar-refractivity contribution is 0.0964. The molecule has 1 aromatic rings. The van der Waals surface area contributed by atoms with E-state index in [0.717, 1.165) is 24.2 Å². The lowest BCUT2D eigenvalue weighted by Crippen LogP contribution is -2.06. The van der Waals surface area contributed by atoms with Crippen molar-refractivity contribution in [3.63, 3.8) is 0 Å². The Balaban J connectivity index is 2.44. The van der Waals surface area contributed by atoms with Crippen LogP contribution in [-0.4, -0.2) is 20.0 Å². The van der Waals surface area contributed by atoms with Crippen LogP contribution in [0.3, 0.4) is 0 Å². The number of carbonyl (C=O) groups is 1. The second-order valence-electron chi connectivity index (χ2n) is 4.11. The van der Waals surface area contributed by atoms with Gasteiger partial charge in [0.15, 0.2) is 5.78 Å². The minimum atomic E-state index is 0.197. The van der Waals surface area contributed by atoms with Crippen molar-refractivity contribution in [2.45, 2.75) is 19.8 Å². The van der Waals surface area contributed by atoms with Crippen LogP contribution in [0.25, 0.3) is 0 Å². The molecule has 16 heavy (non-hydrogen) atoms. The fourth-order valence-electron chi connectivity index (χ4n) is 1.92. The summed E-state index contributed by atoms with van der Waals surface area (Å²) in [6.45, 7) is 1.90. The fourth-order valence-corrected chi connectivity index (χ4v) is 1.92. The van der Waals surface area contributed by atoms with E-state index in [1.54, 1.807) is 20.3 Å². The number of ketones is 1. The Labute approximate surface area is 95.4 Å². The highest BCUT2D eigenvalue weighted by Gasteiger charge is 2.32. The third-order valence-electron chi connectivity index (χ3n) is 2.99. The third-order valence-corrected chi connectivity index (χ3v) is 2.99. The van der Waals surface area contributed by atoms with Gasteiger partial charge in [-0.15, -0.1) is 0 Å². The van der Waals surface area contributed by atoms with Crippen LogP contribution in [0, 0.1) is 12.8 Å². The highest BCUT2D eigenvalue weighted by atomic mass is 16.5. The highest BCUT2D eigenvalue weighted by molar-refractivity contribution is 6.02. The number of rotatable bonds is 4. The zero-order valence-electron chi connectivity index (χ0n) is 9.87. The number of methoxy groups -OCH3 is 2. The monoisotopic (exact) mass is 220 g/mol. The average Bonchev–Trinajstić information content (AvgIpc) is 3.11. The van der Waals surface area contributed by atoms with Gasteiger partial charge in [0.25, 0.3) is 0 Å². The fraction of sp³-hybridized carbons (Fsp3) is 0.462. The van der Waals surface area contributed by atoms with Gasteiger partial charge in [-0.05, 0) is 31.9 Å². The molecule has 0 saturated heterocycles. The predicted molar refractivity (Wildman–Crippen MR) is 61.3 cm³/mol. The minimum absolute atomic E-state index is 0.197. The Morgan fingerprint density at radius 2 is 1.94 bits per heavy atom. The van der Waals surface area contributed by atoms with Gasteiger partial charge in [-0.2, -0.15) is 0 Å². The molecule has 0 bridgehead atoms. The van der Waals surface area contributed by atoms with Crippen molar-refractivity contribution < 1.29 is 14.3 Å². The molecule has 0 aromatic heterocycles. The van der Waals surface area contributed by atoms with Crippen LogP contribution in [0.5, 0.6) is 11.5 Å². The highest BCUT2D eigenvalue weighted by Crippen LogP contribution is 2.38. The largest absolute Gasteiger partial charge is 0.496 e. The van der Waals surface area contributed by atoms with Crippen LogP contribution in [0.2, 0.25) is 0 Å². The number of hydrogen-bond acceptors (Lipinski definition) is 3. The summed E-state index contributed by atoms with van der Waals surface area (Å²) in [4.78, 5) is 12.0. The molecule has 0 amide bonds. The number of benzene rings is 1. The maximum atomic E-state index is 12.0. The molecule has 3 nitrogen and oxygen atoms in total. The van der Waals surface area contributed by atoms with Gasteiger partial charge in [-0.3, -0.25) is 4.79 Å². The molecule has 3 heteroatoms. The van der Waals surface area contributed by atoms with E-state index in [1.807, 2.05) is 13.0 Å². The van der Waals surface area contributed by atoms with Crippen molar-refractivity contribution >= 4 is 5.78 Å². The van der Waals surface area contributed by atoms with E-state index >= 15 is 0 Å². The molecule has 86 valence electrons. The summed E-state index contributed by atoms with van der Waals surface area (Å²) in [7, 11) is 3.20. The molecule has 1 saturated carbocycles. The predicted octanol–water partition coefficient (Wildman–Crippen LogP) is 2.60. The van der Waals surface area contributed by atoms with Crippen molar-refractivity contribution in [3.8, 4) is 11.5 Å². The molecule has 0 spiro atoms. The molecule has 1 fully saturated rings. The molecule has 0 aliphatic heterocycles. The summed E-state index contributed by atoms with van der Waals surface area (Å²) in [5, 5.41) is 0. The maximum Gasteiger partial charge on any atom is 0.169 e. The van der Waals surface area contributed by atoms with Gasteiger partial charge in [-0.25, -0.2) is 0 Å². The molecule has 0 radical (unpaired) electrons. The van der Waals surface area contributed by atoms with Crippen molar-refractivity contribution in [1.29, 1.82) is 0 Å². The number of hydrogen-bond donors (Lipinski definition) is 0. The van der Waals surface area contributed by atoms with Gasteiger partial charge < -0.3 is 9.47 Å². The van der Waals surface area contributed by atoms with Gasteiger partial charge >= 0.3 is 0 Å². The van der Waals surface area contributed by atoms with Gasteiger partial charge in [0.1, 0.15) is 11.5 Å². The summed E-state index contributed by atoms with van der Waals surface area (Å²) in [5.74, 6) is 1.81. The van der Waals surface area contributed by atoms with Crippen molar-refractivity contribution in [2.24, 2.45) is 5.92 Å². The Morgan fingerprint density at radius 3 is 2.44 bits per heavy atom. The second-order valence-corrected chi connectivity index (χ2v) is 4.11. The molecular weight excluding hydrogens is 204 g/mol. The standard InChI is InChI=1S/C13H16O3/c1-8-11(15-2)7-6-10(13(8)16-3)12(14)9-4-5-9/h6-7,9H,4-5H2,1-3H3. The molecule has 0 unspecified atom stereocenters. The topological polar surface area (TPSA) is 35.5 Å². The first kappa shape index (κ1) is 11.0. The SMILES string of the molecule is COc1ccc(C(=O)C2CC2)c(OC)c1C. The van der Waals surface area contributed by atoms with Crippen LogP contribution in [0.15, 0.2) is 12.1 Å².